The number of nitrogens with zero attached hydrogens (tertiary/aromatic N) is 2. The summed E-state index contributed by atoms with van der Waals surface area (Å²) >= 11 is 0. The van der Waals surface area contributed by atoms with Gasteiger partial charge in [0.2, 0.25) is 5.91 Å². The number of primary amides is 1. The van der Waals surface area contributed by atoms with Crippen molar-refractivity contribution < 1.29 is 4.79 Å². The average molecular weight is 290 g/mol. The first kappa shape index (κ1) is 15.8. The molecule has 0 spiro atoms. The fraction of sp³-hybridized carbons (Fsp3) is 0.562. The van der Waals surface area contributed by atoms with Crippen LogP contribution >= 0.6 is 0 Å². The van der Waals surface area contributed by atoms with Gasteiger partial charge >= 0.3 is 0 Å². The van der Waals surface area contributed by atoms with Gasteiger partial charge in [-0.05, 0) is 63.6 Å². The summed E-state index contributed by atoms with van der Waals surface area (Å²) in [5.74, 6) is 0.324. The van der Waals surface area contributed by atoms with Gasteiger partial charge in [-0.15, -0.1) is 0 Å². The second-order valence-electron chi connectivity index (χ2n) is 6.22. The maximum absolute atomic E-state index is 11.1. The van der Waals surface area contributed by atoms with Gasteiger partial charge in [0.1, 0.15) is 0 Å². The highest BCUT2D eigenvalue weighted by atomic mass is 16.1. The molecule has 0 radical (unpaired) electrons. The molecule has 116 valence electrons. The first-order valence-corrected chi connectivity index (χ1v) is 7.51. The summed E-state index contributed by atoms with van der Waals surface area (Å²) in [6, 6.07) is 5.32. The minimum Gasteiger partial charge on any atom is -0.398 e. The topological polar surface area (TPSA) is 75.6 Å². The number of hydrogen-bond acceptors (Lipinski definition) is 4. The number of benzene rings is 1. The van der Waals surface area contributed by atoms with Gasteiger partial charge in [-0.1, -0.05) is 6.07 Å². The Morgan fingerprint density at radius 3 is 2.62 bits per heavy atom. The summed E-state index contributed by atoms with van der Waals surface area (Å²) in [4.78, 5) is 15.8. The highest BCUT2D eigenvalue weighted by Crippen LogP contribution is 2.20. The summed E-state index contributed by atoms with van der Waals surface area (Å²) in [7, 11) is 4.31. The lowest BCUT2D eigenvalue weighted by molar-refractivity contribution is 0.100. The van der Waals surface area contributed by atoms with Crippen molar-refractivity contribution in [3.05, 3.63) is 29.3 Å². The molecule has 5 nitrogen and oxygen atoms in total. The first-order chi connectivity index (χ1) is 9.95. The lowest BCUT2D eigenvalue weighted by atomic mass is 9.96. The summed E-state index contributed by atoms with van der Waals surface area (Å²) in [6.45, 7) is 4.27. The van der Waals surface area contributed by atoms with Gasteiger partial charge in [-0.3, -0.25) is 4.79 Å². The smallest absolute Gasteiger partial charge is 0.248 e. The number of likely N-dealkylation sites (tertiary alicyclic amines) is 1. The third kappa shape index (κ3) is 4.44. The quantitative estimate of drug-likeness (QED) is 0.797. The van der Waals surface area contributed by atoms with Crippen LogP contribution in [-0.4, -0.2) is 49.4 Å². The molecule has 0 atom stereocenters. The maximum atomic E-state index is 11.1. The van der Waals surface area contributed by atoms with Crippen molar-refractivity contribution in [2.75, 3.05) is 39.5 Å². The molecule has 0 bridgehead atoms. The van der Waals surface area contributed by atoms with E-state index in [-0.39, 0.29) is 0 Å². The Bertz CT molecular complexity index is 495. The monoisotopic (exact) mass is 290 g/mol. The van der Waals surface area contributed by atoms with E-state index < -0.39 is 5.91 Å². The van der Waals surface area contributed by atoms with E-state index in [4.69, 9.17) is 11.5 Å². The van der Waals surface area contributed by atoms with Crippen molar-refractivity contribution in [2.45, 2.75) is 19.4 Å². The van der Waals surface area contributed by atoms with Crippen molar-refractivity contribution in [1.82, 2.24) is 9.80 Å². The molecule has 0 aliphatic carbocycles. The number of carbonyl (C=O) groups is 1. The summed E-state index contributed by atoms with van der Waals surface area (Å²) in [5.41, 5.74) is 13.4. The van der Waals surface area contributed by atoms with Gasteiger partial charge in [0, 0.05) is 24.3 Å². The fourth-order valence-electron chi connectivity index (χ4n) is 2.93. The van der Waals surface area contributed by atoms with Crippen molar-refractivity contribution in [2.24, 2.45) is 11.7 Å². The van der Waals surface area contributed by atoms with E-state index in [1.165, 1.54) is 25.9 Å². The van der Waals surface area contributed by atoms with Crippen LogP contribution in [0.3, 0.4) is 0 Å². The van der Waals surface area contributed by atoms with Crippen molar-refractivity contribution >= 4 is 11.6 Å². The number of nitrogen functional groups attached to an aromatic ring is 1. The van der Waals surface area contributed by atoms with Crippen LogP contribution in [0.1, 0.15) is 28.8 Å². The summed E-state index contributed by atoms with van der Waals surface area (Å²) < 4.78 is 0. The Morgan fingerprint density at radius 1 is 1.38 bits per heavy atom. The fourth-order valence-corrected chi connectivity index (χ4v) is 2.93. The molecule has 1 amide bonds. The van der Waals surface area contributed by atoms with Crippen LogP contribution in [-0.2, 0) is 6.54 Å². The maximum Gasteiger partial charge on any atom is 0.248 e. The second-order valence-corrected chi connectivity index (χ2v) is 6.22. The number of anilines is 1. The molecule has 1 aliphatic heterocycles. The number of nitrogens with two attached hydrogens (primary N) is 2. The van der Waals surface area contributed by atoms with Crippen LogP contribution in [0.15, 0.2) is 18.2 Å². The number of rotatable bonds is 5. The van der Waals surface area contributed by atoms with Gasteiger partial charge in [0.15, 0.2) is 0 Å². The third-order valence-electron chi connectivity index (χ3n) is 4.28. The normalized spacial score (nSPS) is 17.3. The zero-order chi connectivity index (χ0) is 15.4. The number of hydrogen-bond donors (Lipinski definition) is 2. The number of piperidine rings is 1. The standard InChI is InChI=1S/C16H26N4O/c1-19-7-5-12(6-8-19)10-20(2)11-14-4-3-13(16(18)21)9-15(14)17/h3-4,9,12H,5-8,10-11,17H2,1-2H3,(H2,18,21). The van der Waals surface area contributed by atoms with E-state index in [1.807, 2.05) is 6.07 Å². The Balaban J connectivity index is 1.90. The predicted octanol–water partition coefficient (Wildman–Crippen LogP) is 1.14. The minimum atomic E-state index is -0.437. The molecule has 1 fully saturated rings. The van der Waals surface area contributed by atoms with E-state index in [2.05, 4.69) is 23.9 Å². The summed E-state index contributed by atoms with van der Waals surface area (Å²) in [5, 5.41) is 0. The lowest BCUT2D eigenvalue weighted by Crippen LogP contribution is -2.35. The highest BCUT2D eigenvalue weighted by molar-refractivity contribution is 5.93. The Morgan fingerprint density at radius 2 is 2.05 bits per heavy atom. The van der Waals surface area contributed by atoms with Gasteiger partial charge in [-0.2, -0.15) is 0 Å². The zero-order valence-electron chi connectivity index (χ0n) is 13.0. The molecular formula is C16H26N4O. The number of carbonyl (C=O) groups excluding carboxylic acids is 1. The largest absolute Gasteiger partial charge is 0.398 e. The molecule has 5 heteroatoms. The molecule has 1 aromatic carbocycles. The van der Waals surface area contributed by atoms with E-state index in [9.17, 15) is 4.79 Å². The Labute approximate surface area is 126 Å². The van der Waals surface area contributed by atoms with E-state index in [0.29, 0.717) is 11.3 Å². The summed E-state index contributed by atoms with van der Waals surface area (Å²) in [6.07, 6.45) is 2.52. The Hall–Kier alpha value is -1.59. The molecule has 0 aromatic heterocycles. The van der Waals surface area contributed by atoms with Crippen LogP contribution < -0.4 is 11.5 Å². The molecule has 1 aromatic rings. The average Bonchev–Trinajstić information content (AvgIpc) is 2.43. The minimum absolute atomic E-state index is 0.437. The van der Waals surface area contributed by atoms with Gasteiger partial charge in [-0.25, -0.2) is 0 Å². The zero-order valence-corrected chi connectivity index (χ0v) is 13.0. The third-order valence-corrected chi connectivity index (χ3v) is 4.28. The molecule has 2 rings (SSSR count). The highest BCUT2D eigenvalue weighted by Gasteiger charge is 2.18. The Kier molecular flexibility index (Phi) is 5.20. The van der Waals surface area contributed by atoms with Crippen molar-refractivity contribution in [3.8, 4) is 0 Å². The van der Waals surface area contributed by atoms with Gasteiger partial charge in [0.05, 0.1) is 0 Å². The molecule has 21 heavy (non-hydrogen) atoms. The van der Waals surface area contributed by atoms with E-state index >= 15 is 0 Å². The van der Waals surface area contributed by atoms with Gasteiger partial charge in [0.25, 0.3) is 0 Å². The van der Waals surface area contributed by atoms with Crippen LogP contribution in [0.4, 0.5) is 5.69 Å². The van der Waals surface area contributed by atoms with E-state index in [1.54, 1.807) is 12.1 Å². The molecule has 0 saturated carbocycles. The van der Waals surface area contributed by atoms with Crippen LogP contribution in [0.25, 0.3) is 0 Å². The molecule has 0 unspecified atom stereocenters. The van der Waals surface area contributed by atoms with Gasteiger partial charge < -0.3 is 21.3 Å². The van der Waals surface area contributed by atoms with Crippen LogP contribution in [0, 0.1) is 5.92 Å². The second kappa shape index (κ2) is 6.91. The van der Waals surface area contributed by atoms with Crippen molar-refractivity contribution in [1.29, 1.82) is 0 Å². The molecular weight excluding hydrogens is 264 g/mol. The molecule has 1 aliphatic rings. The molecule has 4 N–H and O–H groups in total. The number of amides is 1. The molecule has 1 heterocycles. The SMILES string of the molecule is CN1CCC(CN(C)Cc2ccc(C(N)=O)cc2N)CC1. The lowest BCUT2D eigenvalue weighted by Gasteiger charge is -2.31. The molecule has 1 saturated heterocycles. The van der Waals surface area contributed by atoms with Crippen molar-refractivity contribution in [3.63, 3.8) is 0 Å². The predicted molar refractivity (Wildman–Crippen MR) is 85.9 cm³/mol. The van der Waals surface area contributed by atoms with Crippen LogP contribution in [0.2, 0.25) is 0 Å². The van der Waals surface area contributed by atoms with E-state index in [0.717, 1.165) is 24.6 Å². The first-order valence-electron chi connectivity index (χ1n) is 7.51. The van der Waals surface area contributed by atoms with Crippen LogP contribution in [0.5, 0.6) is 0 Å².